The lowest BCUT2D eigenvalue weighted by molar-refractivity contribution is -0.384. The highest BCUT2D eigenvalue weighted by Crippen LogP contribution is 2.46. The summed E-state index contributed by atoms with van der Waals surface area (Å²) >= 11 is 7.57. The van der Waals surface area contributed by atoms with E-state index in [1.165, 1.54) is 23.5 Å². The van der Waals surface area contributed by atoms with Crippen LogP contribution in [-0.4, -0.2) is 33.6 Å². The number of halogens is 1. The average Bonchev–Trinajstić information content (AvgIpc) is 3.37. The molecule has 0 spiro atoms. The highest BCUT2D eigenvalue weighted by molar-refractivity contribution is 7.10. The fourth-order valence-electron chi connectivity index (χ4n) is 4.19. The van der Waals surface area contributed by atoms with Crippen molar-refractivity contribution in [1.82, 2.24) is 4.90 Å². The number of amides is 3. The number of nitrogens with zero attached hydrogens (tertiary/aromatic N) is 3. The molecule has 5 rings (SSSR count). The smallest absolute Gasteiger partial charge is 0.270 e. The minimum Gasteiger partial charge on any atom is -0.299 e. The van der Waals surface area contributed by atoms with Crippen LogP contribution in [0.15, 0.2) is 53.9 Å². The number of thiophene rings is 1. The molecule has 3 heterocycles. The van der Waals surface area contributed by atoms with E-state index in [0.717, 1.165) is 21.4 Å². The Labute approximate surface area is 190 Å². The predicted octanol–water partition coefficient (Wildman–Crippen LogP) is 4.37. The van der Waals surface area contributed by atoms with Crippen molar-refractivity contribution in [3.05, 3.63) is 90.6 Å². The topological polar surface area (TPSA) is 101 Å². The van der Waals surface area contributed by atoms with Gasteiger partial charge in [0.2, 0.25) is 0 Å². The average molecular weight is 468 g/mol. The normalized spacial score (nSPS) is 19.9. The number of carbonyl (C=O) groups excluding carboxylic acids is 3. The van der Waals surface area contributed by atoms with Gasteiger partial charge in [-0.3, -0.25) is 34.3 Å². The SMILES string of the molecule is Cc1ccc(Cl)cc1N1C(=O)C(N2C(=O)c3ccc([N+](=O)[O-])cc3C2=O)C1c1cccs1. The molecular weight excluding hydrogens is 454 g/mol. The Balaban J connectivity index is 1.58. The lowest BCUT2D eigenvalue weighted by atomic mass is 9.90. The monoisotopic (exact) mass is 467 g/mol. The van der Waals surface area contributed by atoms with E-state index in [2.05, 4.69) is 0 Å². The predicted molar refractivity (Wildman–Crippen MR) is 118 cm³/mol. The summed E-state index contributed by atoms with van der Waals surface area (Å²) in [4.78, 5) is 53.4. The fraction of sp³-hybridized carbons (Fsp3) is 0.136. The van der Waals surface area contributed by atoms with Gasteiger partial charge in [-0.15, -0.1) is 11.3 Å². The number of hydrogen-bond donors (Lipinski definition) is 0. The molecule has 1 aromatic heterocycles. The molecular formula is C22H14ClN3O5S. The van der Waals surface area contributed by atoms with Crippen LogP contribution in [0.25, 0.3) is 0 Å². The summed E-state index contributed by atoms with van der Waals surface area (Å²) in [5.41, 5.74) is 1.11. The molecule has 0 bridgehead atoms. The number of hydrogen-bond acceptors (Lipinski definition) is 6. The van der Waals surface area contributed by atoms with E-state index in [1.54, 1.807) is 23.1 Å². The molecule has 0 N–H and O–H groups in total. The minimum atomic E-state index is -1.06. The van der Waals surface area contributed by atoms with Gasteiger partial charge in [-0.05, 0) is 42.1 Å². The van der Waals surface area contributed by atoms with Crippen molar-refractivity contribution in [2.45, 2.75) is 19.0 Å². The van der Waals surface area contributed by atoms with Gasteiger partial charge in [0.1, 0.15) is 12.1 Å². The van der Waals surface area contributed by atoms with Crippen molar-refractivity contribution in [2.24, 2.45) is 0 Å². The third-order valence-electron chi connectivity index (χ3n) is 5.72. The van der Waals surface area contributed by atoms with Crippen LogP contribution in [0.4, 0.5) is 11.4 Å². The molecule has 3 aromatic rings. The van der Waals surface area contributed by atoms with Crippen molar-refractivity contribution in [1.29, 1.82) is 0 Å². The molecule has 10 heteroatoms. The third kappa shape index (κ3) is 2.85. The van der Waals surface area contributed by atoms with E-state index in [0.29, 0.717) is 10.7 Å². The first-order chi connectivity index (χ1) is 15.3. The lowest BCUT2D eigenvalue weighted by Crippen LogP contribution is -2.67. The van der Waals surface area contributed by atoms with Crippen LogP contribution in [0.5, 0.6) is 0 Å². The van der Waals surface area contributed by atoms with Gasteiger partial charge in [-0.25, -0.2) is 0 Å². The zero-order chi connectivity index (χ0) is 22.7. The quantitative estimate of drug-likeness (QED) is 0.245. The highest BCUT2D eigenvalue weighted by atomic mass is 35.5. The number of carbonyl (C=O) groups is 3. The molecule has 0 saturated carbocycles. The number of β-lactam (4-membered cyclic amide) rings is 1. The van der Waals surface area contributed by atoms with Crippen LogP contribution in [0.1, 0.15) is 37.2 Å². The van der Waals surface area contributed by atoms with Crippen LogP contribution < -0.4 is 4.90 Å². The molecule has 3 amide bonds. The molecule has 2 unspecified atom stereocenters. The molecule has 2 atom stereocenters. The largest absolute Gasteiger partial charge is 0.299 e. The van der Waals surface area contributed by atoms with Crippen molar-refractivity contribution in [2.75, 3.05) is 4.90 Å². The molecule has 1 fully saturated rings. The number of anilines is 1. The molecule has 1 saturated heterocycles. The van der Waals surface area contributed by atoms with Crippen LogP contribution in [0.2, 0.25) is 5.02 Å². The molecule has 160 valence electrons. The fourth-order valence-corrected chi connectivity index (χ4v) is 5.20. The Kier molecular flexibility index (Phi) is 4.61. The molecule has 2 aliphatic heterocycles. The Bertz CT molecular complexity index is 1320. The number of fused-ring (bicyclic) bond motifs is 1. The zero-order valence-electron chi connectivity index (χ0n) is 16.5. The van der Waals surface area contributed by atoms with E-state index in [9.17, 15) is 24.5 Å². The Morgan fingerprint density at radius 3 is 2.41 bits per heavy atom. The summed E-state index contributed by atoms with van der Waals surface area (Å²) in [7, 11) is 0. The summed E-state index contributed by atoms with van der Waals surface area (Å²) in [5, 5.41) is 13.4. The first kappa shape index (κ1) is 20.3. The van der Waals surface area contributed by atoms with E-state index in [4.69, 9.17) is 11.6 Å². The van der Waals surface area contributed by atoms with Crippen LogP contribution in [0.3, 0.4) is 0 Å². The Morgan fingerprint density at radius 2 is 1.72 bits per heavy atom. The van der Waals surface area contributed by atoms with E-state index in [1.807, 2.05) is 24.4 Å². The van der Waals surface area contributed by atoms with Crippen molar-refractivity contribution < 1.29 is 19.3 Å². The number of imide groups is 1. The summed E-state index contributed by atoms with van der Waals surface area (Å²) in [6, 6.07) is 10.7. The maximum atomic E-state index is 13.4. The molecule has 0 aliphatic carbocycles. The van der Waals surface area contributed by atoms with Gasteiger partial charge in [0.25, 0.3) is 23.4 Å². The zero-order valence-corrected chi connectivity index (χ0v) is 18.1. The Morgan fingerprint density at radius 1 is 0.969 bits per heavy atom. The number of nitro benzene ring substituents is 1. The summed E-state index contributed by atoms with van der Waals surface area (Å²) in [6.07, 6.45) is 0. The second-order valence-electron chi connectivity index (χ2n) is 7.51. The van der Waals surface area contributed by atoms with Crippen molar-refractivity contribution >= 4 is 52.0 Å². The number of rotatable bonds is 4. The van der Waals surface area contributed by atoms with Gasteiger partial charge < -0.3 is 0 Å². The molecule has 8 nitrogen and oxygen atoms in total. The van der Waals surface area contributed by atoms with Gasteiger partial charge >= 0.3 is 0 Å². The maximum Gasteiger partial charge on any atom is 0.270 e. The van der Waals surface area contributed by atoms with Gasteiger partial charge in [-0.1, -0.05) is 23.7 Å². The number of non-ortho nitro benzene ring substituents is 1. The summed E-state index contributed by atoms with van der Waals surface area (Å²) < 4.78 is 0. The van der Waals surface area contributed by atoms with E-state index >= 15 is 0 Å². The molecule has 2 aliphatic rings. The summed E-state index contributed by atoms with van der Waals surface area (Å²) in [6.45, 7) is 1.85. The maximum absolute atomic E-state index is 13.4. The number of aryl methyl sites for hydroxylation is 1. The Hall–Kier alpha value is -3.56. The van der Waals surface area contributed by atoms with Gasteiger partial charge in [0.15, 0.2) is 0 Å². The van der Waals surface area contributed by atoms with Crippen LogP contribution >= 0.6 is 22.9 Å². The third-order valence-corrected chi connectivity index (χ3v) is 6.90. The van der Waals surface area contributed by atoms with Crippen LogP contribution in [-0.2, 0) is 4.79 Å². The summed E-state index contributed by atoms with van der Waals surface area (Å²) in [5.74, 6) is -1.77. The van der Waals surface area contributed by atoms with Gasteiger partial charge in [0.05, 0.1) is 16.1 Å². The minimum absolute atomic E-state index is 0.0516. The first-order valence-electron chi connectivity index (χ1n) is 9.58. The standard InChI is InChI=1S/C22H14ClN3O5S/c1-11-4-5-12(23)9-16(11)24-18(17-3-2-8-32-17)19(22(24)29)25-20(27)14-7-6-13(26(30)31)10-15(14)21(25)28/h2-10,18-19H,1H3. The molecule has 2 aromatic carbocycles. The van der Waals surface area contributed by atoms with Gasteiger partial charge in [0, 0.05) is 27.7 Å². The van der Waals surface area contributed by atoms with Crippen molar-refractivity contribution in [3.63, 3.8) is 0 Å². The second kappa shape index (κ2) is 7.25. The van der Waals surface area contributed by atoms with Crippen molar-refractivity contribution in [3.8, 4) is 0 Å². The number of benzene rings is 2. The lowest BCUT2D eigenvalue weighted by Gasteiger charge is -2.49. The van der Waals surface area contributed by atoms with Crippen LogP contribution in [0, 0.1) is 17.0 Å². The molecule has 0 radical (unpaired) electrons. The number of nitro groups is 1. The van der Waals surface area contributed by atoms with E-state index < -0.39 is 34.7 Å². The second-order valence-corrected chi connectivity index (χ2v) is 8.93. The molecule has 32 heavy (non-hydrogen) atoms. The van der Waals surface area contributed by atoms with E-state index in [-0.39, 0.29) is 16.8 Å². The van der Waals surface area contributed by atoms with Gasteiger partial charge in [-0.2, -0.15) is 0 Å². The first-order valence-corrected chi connectivity index (χ1v) is 10.8. The highest BCUT2D eigenvalue weighted by Gasteiger charge is 2.58.